The summed E-state index contributed by atoms with van der Waals surface area (Å²) in [7, 11) is 0. The van der Waals surface area contributed by atoms with Gasteiger partial charge in [-0.05, 0) is 91.0 Å². The molecule has 73 heavy (non-hydrogen) atoms. The van der Waals surface area contributed by atoms with Gasteiger partial charge in [0.15, 0.2) is 0 Å². The lowest BCUT2D eigenvalue weighted by Gasteiger charge is -2.35. The molecule has 1 saturated carbocycles. The Morgan fingerprint density at radius 3 is 2.30 bits per heavy atom. The molecule has 2 aromatic heterocycles. The average molecular weight is 1030 g/mol. The topological polar surface area (TPSA) is 194 Å². The first-order valence-corrected chi connectivity index (χ1v) is 25.9. The van der Waals surface area contributed by atoms with Crippen molar-refractivity contribution in [1.29, 1.82) is 0 Å². The molecule has 5 aromatic rings. The summed E-state index contributed by atoms with van der Waals surface area (Å²) in [4.78, 5) is 70.4. The summed E-state index contributed by atoms with van der Waals surface area (Å²) in [6.07, 6.45) is -2.28. The van der Waals surface area contributed by atoms with Gasteiger partial charge in [-0.2, -0.15) is 13.2 Å². The fourth-order valence-corrected chi connectivity index (χ4v) is 10.9. The highest BCUT2D eigenvalue weighted by atomic mass is 32.1. The molecule has 3 fully saturated rings. The summed E-state index contributed by atoms with van der Waals surface area (Å²) in [6.45, 7) is 12.2. The van der Waals surface area contributed by atoms with Gasteiger partial charge in [0.05, 0.1) is 45.4 Å². The first-order chi connectivity index (χ1) is 34.8. The number of aromatic nitrogens is 3. The monoisotopic (exact) mass is 1030 g/mol. The Labute approximate surface area is 427 Å². The molecule has 3 aromatic carbocycles. The fraction of sp³-hybridized carbons (Fsp3) is 0.509. The Kier molecular flexibility index (Phi) is 17.0. The number of thiazole rings is 1. The molecule has 20 heteroatoms. The molecule has 4 amide bonds. The van der Waals surface area contributed by atoms with E-state index in [2.05, 4.69) is 30.7 Å². The van der Waals surface area contributed by atoms with Crippen molar-refractivity contribution in [3.8, 4) is 10.4 Å². The SMILES string of the molecule is Cc1ncsc1-c1ccc(CNC(=O)[C@@H]2C[C@@H](O)CN2C(=O)[C@@H](NC(=O)COCCN2CCN(Cc3ccc4c(c3)nc(NC(=O)c3cccc(C(F)(F)F)c3)n4C3CCC(CO)CC3)CC2)C(C)(C)C)cc1. The summed E-state index contributed by atoms with van der Waals surface area (Å²) < 4.78 is 48.2. The molecular formula is C53H66F3N9O7S. The Hall–Kier alpha value is -5.77. The maximum Gasteiger partial charge on any atom is 0.416 e. The number of piperazine rings is 1. The zero-order valence-electron chi connectivity index (χ0n) is 41.8. The van der Waals surface area contributed by atoms with Gasteiger partial charge in [0.2, 0.25) is 23.7 Å². The predicted molar refractivity (Wildman–Crippen MR) is 271 cm³/mol. The second-order valence-corrected chi connectivity index (χ2v) is 21.5. The Morgan fingerprint density at radius 1 is 0.918 bits per heavy atom. The quantitative estimate of drug-likeness (QED) is 0.0647. The first-order valence-electron chi connectivity index (χ1n) is 25.0. The van der Waals surface area contributed by atoms with Gasteiger partial charge in [-0.15, -0.1) is 11.3 Å². The zero-order valence-corrected chi connectivity index (χ0v) is 42.6. The predicted octanol–water partition coefficient (Wildman–Crippen LogP) is 6.41. The number of nitrogens with zero attached hydrogens (tertiary/aromatic N) is 6. The molecule has 16 nitrogen and oxygen atoms in total. The molecule has 5 N–H and O–H groups in total. The highest BCUT2D eigenvalue weighted by Gasteiger charge is 2.44. The molecule has 0 spiro atoms. The van der Waals surface area contributed by atoms with E-state index in [0.29, 0.717) is 25.2 Å². The van der Waals surface area contributed by atoms with Gasteiger partial charge in [-0.1, -0.05) is 57.2 Å². The fourth-order valence-electron chi connectivity index (χ4n) is 10.1. The summed E-state index contributed by atoms with van der Waals surface area (Å²) in [5, 5.41) is 29.0. The number of fused-ring (bicyclic) bond motifs is 1. The number of imidazole rings is 1. The van der Waals surface area contributed by atoms with Gasteiger partial charge in [-0.25, -0.2) is 9.97 Å². The van der Waals surface area contributed by atoms with Crippen molar-refractivity contribution in [3.05, 3.63) is 100 Å². The van der Waals surface area contributed by atoms with Crippen LogP contribution in [-0.4, -0.2) is 140 Å². The van der Waals surface area contributed by atoms with Gasteiger partial charge in [0.25, 0.3) is 5.91 Å². The third kappa shape index (κ3) is 13.3. The van der Waals surface area contributed by atoms with Crippen LogP contribution in [0.2, 0.25) is 0 Å². The Bertz CT molecular complexity index is 2730. The number of amides is 4. The van der Waals surface area contributed by atoms with Gasteiger partial charge >= 0.3 is 6.18 Å². The van der Waals surface area contributed by atoms with Crippen molar-refractivity contribution in [3.63, 3.8) is 0 Å². The lowest BCUT2D eigenvalue weighted by atomic mass is 9.85. The van der Waals surface area contributed by atoms with Crippen molar-refractivity contribution < 1.29 is 47.3 Å². The van der Waals surface area contributed by atoms with Crippen LogP contribution in [0.3, 0.4) is 0 Å². The molecule has 2 aliphatic heterocycles. The number of aryl methyl sites for hydroxylation is 1. The summed E-state index contributed by atoms with van der Waals surface area (Å²) in [6, 6.07) is 16.3. The number of anilines is 1. The number of hydrogen-bond donors (Lipinski definition) is 5. The molecule has 2 saturated heterocycles. The van der Waals surface area contributed by atoms with Crippen LogP contribution in [0.25, 0.3) is 21.5 Å². The molecule has 4 heterocycles. The number of aliphatic hydroxyl groups excluding tert-OH is 2. The van der Waals surface area contributed by atoms with E-state index in [1.807, 2.05) is 74.7 Å². The maximum absolute atomic E-state index is 14.1. The largest absolute Gasteiger partial charge is 0.416 e. The highest BCUT2D eigenvalue weighted by Crippen LogP contribution is 2.38. The van der Waals surface area contributed by atoms with Crippen LogP contribution in [0.1, 0.15) is 91.7 Å². The van der Waals surface area contributed by atoms with Crippen LogP contribution >= 0.6 is 11.3 Å². The number of halogens is 3. The third-order valence-electron chi connectivity index (χ3n) is 14.2. The van der Waals surface area contributed by atoms with E-state index in [4.69, 9.17) is 9.72 Å². The molecule has 8 rings (SSSR count). The van der Waals surface area contributed by atoms with Crippen molar-refractivity contribution in [2.45, 2.75) is 103 Å². The lowest BCUT2D eigenvalue weighted by molar-refractivity contribution is -0.144. The van der Waals surface area contributed by atoms with Crippen LogP contribution in [0, 0.1) is 18.3 Å². The Balaban J connectivity index is 0.801. The third-order valence-corrected chi connectivity index (χ3v) is 15.2. The zero-order chi connectivity index (χ0) is 52.0. The minimum atomic E-state index is -4.59. The maximum atomic E-state index is 14.1. The number of rotatable bonds is 17. The van der Waals surface area contributed by atoms with Gasteiger partial charge < -0.3 is 35.1 Å². The molecule has 392 valence electrons. The van der Waals surface area contributed by atoms with Crippen LogP contribution < -0.4 is 16.0 Å². The van der Waals surface area contributed by atoms with Gasteiger partial charge in [0.1, 0.15) is 18.7 Å². The molecule has 3 aliphatic rings. The molecule has 0 unspecified atom stereocenters. The summed E-state index contributed by atoms with van der Waals surface area (Å²) in [5.74, 6) is -1.51. The standard InChI is InChI=1S/C53H66F3N9O7S/c1-33-46(73-32-58-33)37-13-8-34(9-14-37)27-57-49(70)44-26-41(67)29-64(44)50(71)47(52(2,3)4)60-45(68)31-72-23-22-62-18-20-63(21-19-62)28-36-12-17-43-42(24-36)59-51(65(43)40-15-10-35(30-66)11-16-40)61-48(69)38-6-5-7-39(25-38)53(54,55)56/h5-9,12-14,17,24-25,32,35,40-41,44,47,66-67H,10-11,15-16,18-23,26-31H2,1-4H3,(H,57,70)(H,60,68)(H,59,61,69)/t35?,40?,41-,44+,47-/m1/s1. The van der Waals surface area contributed by atoms with E-state index >= 15 is 0 Å². The van der Waals surface area contributed by atoms with Crippen molar-refractivity contribution in [1.82, 2.24) is 39.9 Å². The number of carbonyl (C=O) groups excluding carboxylic acids is 4. The number of nitrogens with one attached hydrogen (secondary N) is 3. The summed E-state index contributed by atoms with van der Waals surface area (Å²) in [5.41, 5.74) is 5.43. The van der Waals surface area contributed by atoms with E-state index in [0.717, 1.165) is 96.8 Å². The number of carbonyl (C=O) groups is 4. The molecule has 1 aliphatic carbocycles. The summed E-state index contributed by atoms with van der Waals surface area (Å²) >= 11 is 1.56. The van der Waals surface area contributed by atoms with Crippen LogP contribution in [-0.2, 0) is 38.4 Å². The number of alkyl halides is 3. The van der Waals surface area contributed by atoms with Crippen LogP contribution in [0.4, 0.5) is 19.1 Å². The van der Waals surface area contributed by atoms with Crippen molar-refractivity contribution >= 4 is 51.9 Å². The molecule has 0 radical (unpaired) electrons. The molecule has 0 bridgehead atoms. The molecule has 3 atom stereocenters. The van der Waals surface area contributed by atoms with Crippen LogP contribution in [0.15, 0.2) is 72.2 Å². The minimum absolute atomic E-state index is 0.0161. The number of hydrogen-bond acceptors (Lipinski definition) is 12. The highest BCUT2D eigenvalue weighted by molar-refractivity contribution is 7.13. The number of benzene rings is 3. The number of β-amino-alcohol motifs (C(OH)–C–C–N with tert-alkyl or cyclic N) is 1. The second-order valence-electron chi connectivity index (χ2n) is 20.6. The number of ether oxygens (including phenoxy) is 1. The average Bonchev–Trinajstić information content (AvgIpc) is 4.09. The smallest absolute Gasteiger partial charge is 0.396 e. The van der Waals surface area contributed by atoms with E-state index in [-0.39, 0.29) is 62.1 Å². The van der Waals surface area contributed by atoms with E-state index in [9.17, 15) is 42.6 Å². The first kappa shape index (κ1) is 53.5. The second kappa shape index (κ2) is 23.2. The van der Waals surface area contributed by atoms with Gasteiger partial charge in [0, 0.05) is 77.0 Å². The van der Waals surface area contributed by atoms with E-state index in [1.54, 1.807) is 16.8 Å². The van der Waals surface area contributed by atoms with Crippen molar-refractivity contribution in [2.24, 2.45) is 11.3 Å². The minimum Gasteiger partial charge on any atom is -0.396 e. The van der Waals surface area contributed by atoms with Gasteiger partial charge in [-0.3, -0.25) is 34.3 Å². The Morgan fingerprint density at radius 2 is 1.63 bits per heavy atom. The molecular weight excluding hydrogens is 964 g/mol. The lowest BCUT2D eigenvalue weighted by Crippen LogP contribution is -2.58. The number of likely N-dealkylation sites (tertiary alicyclic amines) is 1. The van der Waals surface area contributed by atoms with Crippen molar-refractivity contribution in [2.75, 3.05) is 64.4 Å². The number of aliphatic hydroxyl groups is 2. The normalized spacial score (nSPS) is 20.5. The van der Waals surface area contributed by atoms with E-state index in [1.165, 1.54) is 17.0 Å². The van der Waals surface area contributed by atoms with Crippen LogP contribution in [0.5, 0.6) is 0 Å². The van der Waals surface area contributed by atoms with E-state index < -0.39 is 53.1 Å².